The van der Waals surface area contributed by atoms with E-state index in [0.717, 1.165) is 32.8 Å². The van der Waals surface area contributed by atoms with Gasteiger partial charge in [0.15, 0.2) is 0 Å². The van der Waals surface area contributed by atoms with Crippen LogP contribution < -0.4 is 4.74 Å². The summed E-state index contributed by atoms with van der Waals surface area (Å²) in [6.45, 7) is 6.67. The van der Waals surface area contributed by atoms with Crippen LogP contribution in [-0.4, -0.2) is 9.55 Å². The van der Waals surface area contributed by atoms with Crippen molar-refractivity contribution >= 4 is 37.7 Å². The van der Waals surface area contributed by atoms with E-state index < -0.39 is 0 Å². The molecule has 0 aliphatic rings. The molecule has 0 spiro atoms. The topological polar surface area (TPSA) is 27.1 Å². The lowest BCUT2D eigenvalue weighted by molar-refractivity contribution is 0.483. The number of hydrogen-bond acceptors (Lipinski definition) is 2. The van der Waals surface area contributed by atoms with E-state index >= 15 is 0 Å². The molecule has 5 rings (SSSR count). The molecule has 0 saturated heterocycles. The van der Waals surface area contributed by atoms with Crippen molar-refractivity contribution in [3.63, 3.8) is 0 Å². The first kappa shape index (κ1) is 19.8. The van der Waals surface area contributed by atoms with Crippen LogP contribution in [0.4, 0.5) is 0 Å². The maximum Gasteiger partial charge on any atom is 0.137 e. The quantitative estimate of drug-likeness (QED) is 0.266. The number of para-hydroxylation sites is 1. The van der Waals surface area contributed by atoms with Gasteiger partial charge in [0, 0.05) is 27.5 Å². The van der Waals surface area contributed by atoms with Gasteiger partial charge >= 0.3 is 0 Å². The molecule has 2 aromatic heterocycles. The molecule has 154 valence electrons. The first-order valence-corrected chi connectivity index (χ1v) is 11.1. The Hall–Kier alpha value is -3.11. The number of hydrogen-bond donors (Lipinski definition) is 0. The van der Waals surface area contributed by atoms with Gasteiger partial charge in [0.25, 0.3) is 0 Å². The number of rotatable bonds is 3. The molecule has 4 heteroatoms. The van der Waals surface area contributed by atoms with Crippen molar-refractivity contribution in [2.24, 2.45) is 0 Å². The lowest BCUT2D eigenvalue weighted by Gasteiger charge is -2.20. The molecule has 0 N–H and O–H groups in total. The molecule has 0 unspecified atom stereocenters. The molecule has 0 atom stereocenters. The maximum atomic E-state index is 6.17. The van der Waals surface area contributed by atoms with E-state index in [1.54, 1.807) is 0 Å². The minimum Gasteiger partial charge on any atom is -0.457 e. The van der Waals surface area contributed by atoms with Crippen LogP contribution in [0.2, 0.25) is 0 Å². The molecule has 5 aromatic rings. The second-order valence-corrected chi connectivity index (χ2v) is 9.66. The Morgan fingerprint density at radius 3 is 2.35 bits per heavy atom. The normalized spacial score (nSPS) is 11.9. The van der Waals surface area contributed by atoms with Crippen molar-refractivity contribution in [2.75, 3.05) is 0 Å². The molecule has 0 aliphatic carbocycles. The van der Waals surface area contributed by atoms with Crippen LogP contribution in [-0.2, 0) is 5.41 Å². The molecule has 31 heavy (non-hydrogen) atoms. The number of ether oxygens (including phenoxy) is 1. The first-order valence-electron chi connectivity index (χ1n) is 10.3. The monoisotopic (exact) mass is 470 g/mol. The fourth-order valence-corrected chi connectivity index (χ4v) is 4.31. The van der Waals surface area contributed by atoms with Gasteiger partial charge in [0.1, 0.15) is 17.3 Å². The van der Waals surface area contributed by atoms with Gasteiger partial charge in [-0.2, -0.15) is 0 Å². The highest BCUT2D eigenvalue weighted by Crippen LogP contribution is 2.35. The largest absolute Gasteiger partial charge is 0.457 e. The van der Waals surface area contributed by atoms with Crippen LogP contribution >= 0.6 is 15.9 Å². The zero-order valence-electron chi connectivity index (χ0n) is 17.8. The van der Waals surface area contributed by atoms with Crippen LogP contribution in [0.1, 0.15) is 26.3 Å². The van der Waals surface area contributed by atoms with Crippen LogP contribution in [0.25, 0.3) is 27.6 Å². The third-order valence-corrected chi connectivity index (χ3v) is 6.01. The zero-order chi connectivity index (χ0) is 21.6. The van der Waals surface area contributed by atoms with Gasteiger partial charge in [-0.15, -0.1) is 0 Å². The summed E-state index contributed by atoms with van der Waals surface area (Å²) in [6, 6.07) is 26.9. The average Bonchev–Trinajstić information content (AvgIpc) is 3.07. The minimum atomic E-state index is 0.0470. The van der Waals surface area contributed by atoms with Gasteiger partial charge in [-0.25, -0.2) is 4.98 Å². The number of pyridine rings is 1. The third-order valence-electron chi connectivity index (χ3n) is 5.52. The lowest BCUT2D eigenvalue weighted by Crippen LogP contribution is -2.12. The number of benzene rings is 3. The highest BCUT2D eigenvalue weighted by atomic mass is 79.9. The highest BCUT2D eigenvalue weighted by Gasteiger charge is 2.18. The molecular formula is C27H23BrN2O. The van der Waals surface area contributed by atoms with E-state index in [0.29, 0.717) is 0 Å². The van der Waals surface area contributed by atoms with Gasteiger partial charge in [0.05, 0.1) is 11.0 Å². The van der Waals surface area contributed by atoms with Crippen molar-refractivity contribution in [1.82, 2.24) is 9.55 Å². The Morgan fingerprint density at radius 2 is 1.55 bits per heavy atom. The van der Waals surface area contributed by atoms with E-state index in [1.165, 1.54) is 16.3 Å². The standard InChI is InChI=1S/C27H23BrN2O/c1-27(2,3)18-13-14-29-26(15-18)30-24-10-5-4-9-22(24)23-12-11-21(17-25(23)30)31-20-8-6-7-19(28)16-20/h4-17H,1-3H3. The van der Waals surface area contributed by atoms with E-state index in [1.807, 2.05) is 36.5 Å². The summed E-state index contributed by atoms with van der Waals surface area (Å²) < 4.78 is 9.39. The molecule has 0 amide bonds. The molecule has 0 radical (unpaired) electrons. The summed E-state index contributed by atoms with van der Waals surface area (Å²) in [5, 5.41) is 2.38. The fraction of sp³-hybridized carbons (Fsp3) is 0.148. The summed E-state index contributed by atoms with van der Waals surface area (Å²) >= 11 is 3.51. The first-order chi connectivity index (χ1) is 14.9. The van der Waals surface area contributed by atoms with Crippen molar-refractivity contribution in [3.05, 3.63) is 95.1 Å². The maximum absolute atomic E-state index is 6.17. The van der Waals surface area contributed by atoms with Crippen molar-refractivity contribution < 1.29 is 4.74 Å². The van der Waals surface area contributed by atoms with Crippen LogP contribution in [0.3, 0.4) is 0 Å². The van der Waals surface area contributed by atoms with Crippen LogP contribution in [0, 0.1) is 0 Å². The molecule has 0 saturated carbocycles. The number of aromatic nitrogens is 2. The predicted molar refractivity (Wildman–Crippen MR) is 131 cm³/mol. The van der Waals surface area contributed by atoms with Crippen LogP contribution in [0.15, 0.2) is 89.5 Å². The Balaban J connectivity index is 1.72. The fourth-order valence-electron chi connectivity index (χ4n) is 3.93. The number of halogens is 1. The molecule has 3 aromatic carbocycles. The molecule has 0 aliphatic heterocycles. The van der Waals surface area contributed by atoms with Crippen molar-refractivity contribution in [1.29, 1.82) is 0 Å². The highest BCUT2D eigenvalue weighted by molar-refractivity contribution is 9.10. The summed E-state index contributed by atoms with van der Waals surface area (Å²) in [6.07, 6.45) is 1.90. The molecule has 2 heterocycles. The SMILES string of the molecule is CC(C)(C)c1ccnc(-n2c3ccccc3c3ccc(Oc4cccc(Br)c4)cc32)c1. The number of fused-ring (bicyclic) bond motifs is 3. The molecule has 0 fully saturated rings. The summed E-state index contributed by atoms with van der Waals surface area (Å²) in [7, 11) is 0. The lowest BCUT2D eigenvalue weighted by atomic mass is 9.88. The second kappa shape index (κ2) is 7.54. The third kappa shape index (κ3) is 3.72. The zero-order valence-corrected chi connectivity index (χ0v) is 19.3. The van der Waals surface area contributed by atoms with Gasteiger partial charge in [0.2, 0.25) is 0 Å². The van der Waals surface area contributed by atoms with Crippen molar-refractivity contribution in [2.45, 2.75) is 26.2 Å². The Morgan fingerprint density at radius 1 is 0.774 bits per heavy atom. The second-order valence-electron chi connectivity index (χ2n) is 8.74. The minimum absolute atomic E-state index is 0.0470. The Bertz CT molecular complexity index is 1410. The average molecular weight is 471 g/mol. The summed E-state index contributed by atoms with van der Waals surface area (Å²) in [4.78, 5) is 4.74. The van der Waals surface area contributed by atoms with Crippen LogP contribution in [0.5, 0.6) is 11.5 Å². The molecular weight excluding hydrogens is 448 g/mol. The van der Waals surface area contributed by atoms with E-state index in [2.05, 4.69) is 89.8 Å². The van der Waals surface area contributed by atoms with Gasteiger partial charge in [-0.05, 0) is 59.5 Å². The van der Waals surface area contributed by atoms with Gasteiger partial charge in [-0.3, -0.25) is 4.57 Å². The van der Waals surface area contributed by atoms with E-state index in [-0.39, 0.29) is 5.41 Å². The molecule has 3 nitrogen and oxygen atoms in total. The number of nitrogens with zero attached hydrogens (tertiary/aromatic N) is 2. The van der Waals surface area contributed by atoms with Gasteiger partial charge < -0.3 is 4.74 Å². The molecule has 0 bridgehead atoms. The summed E-state index contributed by atoms with van der Waals surface area (Å²) in [5.74, 6) is 2.50. The summed E-state index contributed by atoms with van der Waals surface area (Å²) in [5.41, 5.74) is 3.51. The Labute approximate surface area is 190 Å². The van der Waals surface area contributed by atoms with Gasteiger partial charge in [-0.1, -0.05) is 61.0 Å². The predicted octanol–water partition coefficient (Wildman–Crippen LogP) is 8.03. The van der Waals surface area contributed by atoms with Crippen molar-refractivity contribution in [3.8, 4) is 17.3 Å². The smallest absolute Gasteiger partial charge is 0.137 e. The Kier molecular flexibility index (Phi) is 4.82. The van der Waals surface area contributed by atoms with E-state index in [9.17, 15) is 0 Å². The van der Waals surface area contributed by atoms with E-state index in [4.69, 9.17) is 9.72 Å².